The van der Waals surface area contributed by atoms with Gasteiger partial charge in [-0.1, -0.05) is 12.1 Å². The molecule has 0 bridgehead atoms. The number of carbonyl (C=O) groups excluding carboxylic acids is 1. The van der Waals surface area contributed by atoms with Crippen LogP contribution >= 0.6 is 0 Å². The quantitative estimate of drug-likeness (QED) is 0.831. The van der Waals surface area contributed by atoms with Crippen LogP contribution in [0, 0.1) is 0 Å². The summed E-state index contributed by atoms with van der Waals surface area (Å²) in [5, 5.41) is 12.0. The number of rotatable bonds is 2. The van der Waals surface area contributed by atoms with Crippen LogP contribution in [0.25, 0.3) is 0 Å². The molecule has 1 amide bonds. The number of amides is 1. The number of hydrogen-bond donors (Lipinski definition) is 2. The van der Waals surface area contributed by atoms with Gasteiger partial charge in [0, 0.05) is 0 Å². The lowest BCUT2D eigenvalue weighted by molar-refractivity contribution is 0.0508. The number of hydrogen-bond acceptors (Lipinski definition) is 3. The zero-order valence-electron chi connectivity index (χ0n) is 10.7. The Morgan fingerprint density at radius 1 is 1.41 bits per heavy atom. The number of alkyl carbamates (subject to hydrolysis) is 1. The van der Waals surface area contributed by atoms with Crippen LogP contribution in [0.2, 0.25) is 0 Å². The Morgan fingerprint density at radius 2 is 2.06 bits per heavy atom. The number of carbonyl (C=O) groups is 1. The summed E-state index contributed by atoms with van der Waals surface area (Å²) < 4.78 is 5.15. The average molecular weight is 237 g/mol. The number of benzene rings is 1. The van der Waals surface area contributed by atoms with Crippen molar-refractivity contribution in [3.05, 3.63) is 29.8 Å². The van der Waals surface area contributed by atoms with Crippen molar-refractivity contribution in [2.24, 2.45) is 0 Å². The number of aromatic hydroxyl groups is 1. The maximum absolute atomic E-state index is 11.5. The summed E-state index contributed by atoms with van der Waals surface area (Å²) in [6, 6.07) is 6.56. The molecule has 0 aliphatic rings. The van der Waals surface area contributed by atoms with Crippen molar-refractivity contribution in [3.63, 3.8) is 0 Å². The zero-order valence-corrected chi connectivity index (χ0v) is 10.7. The largest absolute Gasteiger partial charge is 0.508 e. The third-order valence-electron chi connectivity index (χ3n) is 2.10. The Kier molecular flexibility index (Phi) is 3.99. The minimum absolute atomic E-state index is 0.181. The average Bonchev–Trinajstić information content (AvgIpc) is 2.14. The number of nitrogens with one attached hydrogen (secondary N) is 1. The topological polar surface area (TPSA) is 58.6 Å². The molecule has 0 fully saturated rings. The normalized spacial score (nSPS) is 12.9. The molecule has 0 aromatic heterocycles. The van der Waals surface area contributed by atoms with E-state index in [-0.39, 0.29) is 11.8 Å². The summed E-state index contributed by atoms with van der Waals surface area (Å²) in [5.74, 6) is 0.181. The van der Waals surface area contributed by atoms with Crippen LogP contribution in [0.4, 0.5) is 4.79 Å². The highest BCUT2D eigenvalue weighted by Gasteiger charge is 2.18. The third-order valence-corrected chi connectivity index (χ3v) is 2.10. The second-order valence-electron chi connectivity index (χ2n) is 4.96. The fourth-order valence-corrected chi connectivity index (χ4v) is 1.36. The van der Waals surface area contributed by atoms with Gasteiger partial charge in [-0.05, 0) is 45.4 Å². The maximum Gasteiger partial charge on any atom is 0.408 e. The fraction of sp³-hybridized carbons (Fsp3) is 0.462. The highest BCUT2D eigenvalue weighted by molar-refractivity contribution is 5.68. The van der Waals surface area contributed by atoms with Crippen molar-refractivity contribution in [2.75, 3.05) is 0 Å². The predicted molar refractivity (Wildman–Crippen MR) is 65.9 cm³/mol. The van der Waals surface area contributed by atoms with Gasteiger partial charge in [0.25, 0.3) is 0 Å². The molecule has 4 nitrogen and oxygen atoms in total. The SMILES string of the molecule is C[C@H](NC(=O)OC(C)(C)C)c1cccc(O)c1. The Morgan fingerprint density at radius 3 is 2.59 bits per heavy atom. The summed E-state index contributed by atoms with van der Waals surface area (Å²) in [6.45, 7) is 7.27. The van der Waals surface area contributed by atoms with E-state index < -0.39 is 11.7 Å². The molecule has 0 saturated heterocycles. The van der Waals surface area contributed by atoms with E-state index in [1.54, 1.807) is 18.2 Å². The molecule has 0 saturated carbocycles. The molecule has 0 heterocycles. The maximum atomic E-state index is 11.5. The molecular formula is C13H19NO3. The Balaban J connectivity index is 2.61. The first kappa shape index (κ1) is 13.4. The van der Waals surface area contributed by atoms with Crippen LogP contribution in [0.5, 0.6) is 5.75 Å². The van der Waals surface area contributed by atoms with Gasteiger partial charge in [0.2, 0.25) is 0 Å². The summed E-state index contributed by atoms with van der Waals surface area (Å²) in [5.41, 5.74) is 0.318. The van der Waals surface area contributed by atoms with Crippen molar-refractivity contribution in [2.45, 2.75) is 39.3 Å². The van der Waals surface area contributed by atoms with Gasteiger partial charge in [0.05, 0.1) is 6.04 Å². The highest BCUT2D eigenvalue weighted by Crippen LogP contribution is 2.18. The Hall–Kier alpha value is -1.71. The van der Waals surface area contributed by atoms with E-state index in [1.165, 1.54) is 0 Å². The van der Waals surface area contributed by atoms with Gasteiger partial charge in [0.1, 0.15) is 11.4 Å². The minimum atomic E-state index is -0.511. The van der Waals surface area contributed by atoms with E-state index in [9.17, 15) is 9.90 Å². The number of phenols is 1. The Labute approximate surface area is 102 Å². The second kappa shape index (κ2) is 5.08. The van der Waals surface area contributed by atoms with Gasteiger partial charge in [-0.3, -0.25) is 0 Å². The van der Waals surface area contributed by atoms with Gasteiger partial charge < -0.3 is 15.2 Å². The molecule has 1 atom stereocenters. The van der Waals surface area contributed by atoms with Gasteiger partial charge in [-0.25, -0.2) is 4.79 Å². The van der Waals surface area contributed by atoms with Crippen LogP contribution in [0.1, 0.15) is 39.3 Å². The molecular weight excluding hydrogens is 218 g/mol. The first-order valence-electron chi connectivity index (χ1n) is 5.56. The van der Waals surface area contributed by atoms with Crippen LogP contribution in [-0.4, -0.2) is 16.8 Å². The molecule has 17 heavy (non-hydrogen) atoms. The molecule has 1 rings (SSSR count). The molecule has 94 valence electrons. The molecule has 0 radical (unpaired) electrons. The molecule has 0 unspecified atom stereocenters. The summed E-state index contributed by atoms with van der Waals surface area (Å²) in [6.07, 6.45) is -0.464. The van der Waals surface area contributed by atoms with Crippen molar-refractivity contribution in [1.29, 1.82) is 0 Å². The zero-order chi connectivity index (χ0) is 13.1. The van der Waals surface area contributed by atoms with Gasteiger partial charge in [-0.2, -0.15) is 0 Å². The molecule has 1 aromatic carbocycles. The van der Waals surface area contributed by atoms with Crippen molar-refractivity contribution < 1.29 is 14.6 Å². The van der Waals surface area contributed by atoms with Gasteiger partial charge in [0.15, 0.2) is 0 Å². The van der Waals surface area contributed by atoms with Gasteiger partial charge >= 0.3 is 6.09 Å². The van der Waals surface area contributed by atoms with Crippen molar-refractivity contribution in [3.8, 4) is 5.75 Å². The highest BCUT2D eigenvalue weighted by atomic mass is 16.6. The summed E-state index contributed by atoms with van der Waals surface area (Å²) in [4.78, 5) is 11.5. The standard InChI is InChI=1S/C13H19NO3/c1-9(10-6-5-7-11(15)8-10)14-12(16)17-13(2,3)4/h5-9,15H,1-4H3,(H,14,16)/t9-/m0/s1. The van der Waals surface area contributed by atoms with Crippen molar-refractivity contribution >= 4 is 6.09 Å². The molecule has 0 spiro atoms. The third kappa shape index (κ3) is 4.76. The number of phenolic OH excluding ortho intramolecular Hbond substituents is 1. The first-order valence-corrected chi connectivity index (χ1v) is 5.56. The van der Waals surface area contributed by atoms with E-state index in [2.05, 4.69) is 5.32 Å². The smallest absolute Gasteiger partial charge is 0.408 e. The van der Waals surface area contributed by atoms with E-state index in [1.807, 2.05) is 33.8 Å². The second-order valence-corrected chi connectivity index (χ2v) is 4.96. The summed E-state index contributed by atoms with van der Waals surface area (Å²) in [7, 11) is 0. The fourth-order valence-electron chi connectivity index (χ4n) is 1.36. The molecule has 0 aliphatic carbocycles. The molecule has 1 aromatic rings. The van der Waals surface area contributed by atoms with Crippen LogP contribution < -0.4 is 5.32 Å². The van der Waals surface area contributed by atoms with E-state index >= 15 is 0 Å². The predicted octanol–water partition coefficient (Wildman–Crippen LogP) is 2.98. The van der Waals surface area contributed by atoms with Gasteiger partial charge in [-0.15, -0.1) is 0 Å². The Bertz CT molecular complexity index is 396. The first-order chi connectivity index (χ1) is 7.78. The monoisotopic (exact) mass is 237 g/mol. The number of ether oxygens (including phenoxy) is 1. The molecule has 2 N–H and O–H groups in total. The van der Waals surface area contributed by atoms with E-state index in [0.29, 0.717) is 0 Å². The minimum Gasteiger partial charge on any atom is -0.508 e. The van der Waals surface area contributed by atoms with Crippen LogP contribution in [0.3, 0.4) is 0 Å². The summed E-state index contributed by atoms with van der Waals surface area (Å²) >= 11 is 0. The van der Waals surface area contributed by atoms with E-state index in [4.69, 9.17) is 4.74 Å². The molecule has 4 heteroatoms. The van der Waals surface area contributed by atoms with E-state index in [0.717, 1.165) is 5.56 Å². The molecule has 0 aliphatic heterocycles. The lowest BCUT2D eigenvalue weighted by atomic mass is 10.1. The van der Waals surface area contributed by atoms with Crippen LogP contribution in [0.15, 0.2) is 24.3 Å². The van der Waals surface area contributed by atoms with Crippen molar-refractivity contribution in [1.82, 2.24) is 5.32 Å². The lowest BCUT2D eigenvalue weighted by Crippen LogP contribution is -2.34. The lowest BCUT2D eigenvalue weighted by Gasteiger charge is -2.22. The van der Waals surface area contributed by atoms with Crippen LogP contribution in [-0.2, 0) is 4.74 Å².